The van der Waals surface area contributed by atoms with Gasteiger partial charge in [-0.25, -0.2) is 0 Å². The zero-order valence-electron chi connectivity index (χ0n) is 20.6. The molecule has 1 nitrogen and oxygen atoms in total. The van der Waals surface area contributed by atoms with Gasteiger partial charge in [0, 0.05) is 0 Å². The molecule has 0 aromatic carbocycles. The smallest absolute Gasteiger partial charge is 0.0579 e. The summed E-state index contributed by atoms with van der Waals surface area (Å²) in [5, 5.41) is 11.2. The molecular formula is C29H48O. The molecule has 0 saturated heterocycles. The fraction of sp³-hybridized carbons (Fsp3) is 0.862. The van der Waals surface area contributed by atoms with E-state index in [4.69, 9.17) is 0 Å². The summed E-state index contributed by atoms with van der Waals surface area (Å²) >= 11 is 0. The number of hydrogen-bond acceptors (Lipinski definition) is 1. The maximum absolute atomic E-state index is 11.2. The number of hydrogen-bond donors (Lipinski definition) is 1. The second-order valence-electron chi connectivity index (χ2n) is 12.5. The topological polar surface area (TPSA) is 20.2 Å². The molecule has 0 unspecified atom stereocenters. The highest BCUT2D eigenvalue weighted by atomic mass is 16.3. The van der Waals surface area contributed by atoms with E-state index in [9.17, 15) is 5.11 Å². The number of fused-ring (bicyclic) bond motifs is 5. The molecule has 3 saturated carbocycles. The number of aliphatic hydroxyl groups is 1. The van der Waals surface area contributed by atoms with Gasteiger partial charge in [0.25, 0.3) is 0 Å². The first-order chi connectivity index (χ1) is 14.2. The average Bonchev–Trinajstić information content (AvgIpc) is 3.05. The highest BCUT2D eigenvalue weighted by Crippen LogP contribution is 2.67. The molecule has 4 aliphatic rings. The maximum Gasteiger partial charge on any atom is 0.0579 e. The first-order valence-corrected chi connectivity index (χ1v) is 13.2. The average molecular weight is 413 g/mol. The molecule has 170 valence electrons. The predicted molar refractivity (Wildman–Crippen MR) is 128 cm³/mol. The Hall–Kier alpha value is -0.560. The van der Waals surface area contributed by atoms with Gasteiger partial charge in [0.05, 0.1) is 6.10 Å². The van der Waals surface area contributed by atoms with E-state index in [1.54, 1.807) is 0 Å². The number of allylic oxidation sites excluding steroid dienone is 4. The Morgan fingerprint density at radius 2 is 1.70 bits per heavy atom. The van der Waals surface area contributed by atoms with Crippen molar-refractivity contribution in [1.29, 1.82) is 0 Å². The van der Waals surface area contributed by atoms with Gasteiger partial charge in [0.1, 0.15) is 0 Å². The normalized spacial score (nSPS) is 47.7. The van der Waals surface area contributed by atoms with Gasteiger partial charge in [0.15, 0.2) is 0 Å². The Morgan fingerprint density at radius 3 is 2.40 bits per heavy atom. The van der Waals surface area contributed by atoms with Crippen LogP contribution in [0.3, 0.4) is 0 Å². The van der Waals surface area contributed by atoms with Crippen LogP contribution in [-0.4, -0.2) is 11.2 Å². The van der Waals surface area contributed by atoms with Crippen molar-refractivity contribution >= 4 is 0 Å². The molecule has 1 N–H and O–H groups in total. The van der Waals surface area contributed by atoms with Gasteiger partial charge in [-0.1, -0.05) is 65.8 Å². The highest BCUT2D eigenvalue weighted by Gasteiger charge is 2.61. The van der Waals surface area contributed by atoms with E-state index >= 15 is 0 Å². The summed E-state index contributed by atoms with van der Waals surface area (Å²) in [6.07, 6.45) is 20.0. The van der Waals surface area contributed by atoms with Crippen LogP contribution >= 0.6 is 0 Å². The Kier molecular flexibility index (Phi) is 6.35. The van der Waals surface area contributed by atoms with Crippen molar-refractivity contribution in [3.8, 4) is 0 Å². The van der Waals surface area contributed by atoms with Gasteiger partial charge in [0.2, 0.25) is 0 Å². The van der Waals surface area contributed by atoms with Gasteiger partial charge in [-0.05, 0) is 110 Å². The van der Waals surface area contributed by atoms with Gasteiger partial charge in [-0.15, -0.1) is 0 Å². The van der Waals surface area contributed by atoms with Crippen molar-refractivity contribution < 1.29 is 5.11 Å². The molecule has 0 aromatic rings. The van der Waals surface area contributed by atoms with Crippen LogP contribution in [0.5, 0.6) is 0 Å². The third-order valence-corrected chi connectivity index (χ3v) is 10.9. The lowest BCUT2D eigenvalue weighted by molar-refractivity contribution is -0.145. The van der Waals surface area contributed by atoms with Crippen LogP contribution < -0.4 is 0 Å². The first-order valence-electron chi connectivity index (χ1n) is 13.2. The highest BCUT2D eigenvalue weighted by molar-refractivity contribution is 5.15. The van der Waals surface area contributed by atoms with Crippen LogP contribution in [0, 0.1) is 58.2 Å². The van der Waals surface area contributed by atoms with Gasteiger partial charge in [-0.2, -0.15) is 0 Å². The monoisotopic (exact) mass is 412 g/mol. The zero-order chi connectivity index (χ0) is 21.7. The molecule has 0 radical (unpaired) electrons. The van der Waals surface area contributed by atoms with Crippen molar-refractivity contribution in [3.05, 3.63) is 24.3 Å². The largest absolute Gasteiger partial charge is 0.393 e. The van der Waals surface area contributed by atoms with Crippen LogP contribution in [0.1, 0.15) is 92.9 Å². The Labute approximate surface area is 186 Å². The fourth-order valence-corrected chi connectivity index (χ4v) is 9.09. The van der Waals surface area contributed by atoms with Crippen LogP contribution in [0.2, 0.25) is 0 Å². The standard InChI is InChI=1S/C29H48O/c1-7-21(19(2)3)12-11-20(4)23-13-14-24-22-18-27(30)26-10-8-9-16-28(26,5)25(22)15-17-29(23,24)6/h8-9,11-12,19-27,30H,7,10,13-18H2,1-6H3/b12-11+/t20-,21-,22+,23-,24+,25+,26-,27-,28-,29-/m1/s1. The molecule has 3 fully saturated rings. The summed E-state index contributed by atoms with van der Waals surface area (Å²) in [4.78, 5) is 0. The Bertz CT molecular complexity index is 661. The summed E-state index contributed by atoms with van der Waals surface area (Å²) in [7, 11) is 0. The zero-order valence-corrected chi connectivity index (χ0v) is 20.6. The molecule has 0 aromatic heterocycles. The van der Waals surface area contributed by atoms with Crippen LogP contribution in [0.4, 0.5) is 0 Å². The molecule has 4 aliphatic carbocycles. The van der Waals surface area contributed by atoms with Crippen molar-refractivity contribution in [3.63, 3.8) is 0 Å². The second kappa shape index (κ2) is 8.42. The molecule has 0 heterocycles. The molecular weight excluding hydrogens is 364 g/mol. The summed E-state index contributed by atoms with van der Waals surface area (Å²) in [5.74, 6) is 5.84. The summed E-state index contributed by atoms with van der Waals surface area (Å²) in [5.41, 5.74) is 0.797. The van der Waals surface area contributed by atoms with Crippen LogP contribution in [0.25, 0.3) is 0 Å². The van der Waals surface area contributed by atoms with Crippen molar-refractivity contribution in [2.24, 2.45) is 58.2 Å². The molecule has 0 bridgehead atoms. The van der Waals surface area contributed by atoms with Crippen molar-refractivity contribution in [2.45, 2.75) is 99.0 Å². The lowest BCUT2D eigenvalue weighted by Gasteiger charge is -2.61. The molecule has 0 spiro atoms. The summed E-state index contributed by atoms with van der Waals surface area (Å²) in [6, 6.07) is 0. The summed E-state index contributed by atoms with van der Waals surface area (Å²) in [6.45, 7) is 14.7. The van der Waals surface area contributed by atoms with Crippen LogP contribution in [-0.2, 0) is 0 Å². The van der Waals surface area contributed by atoms with Crippen LogP contribution in [0.15, 0.2) is 24.3 Å². The lowest BCUT2D eigenvalue weighted by atomic mass is 9.44. The molecule has 0 aliphatic heterocycles. The molecule has 1 heteroatoms. The minimum atomic E-state index is -0.0868. The lowest BCUT2D eigenvalue weighted by Crippen LogP contribution is -2.56. The molecule has 0 amide bonds. The summed E-state index contributed by atoms with van der Waals surface area (Å²) < 4.78 is 0. The van der Waals surface area contributed by atoms with Gasteiger partial charge in [-0.3, -0.25) is 0 Å². The Morgan fingerprint density at radius 1 is 0.967 bits per heavy atom. The molecule has 30 heavy (non-hydrogen) atoms. The minimum Gasteiger partial charge on any atom is -0.393 e. The van der Waals surface area contributed by atoms with E-state index < -0.39 is 0 Å². The Balaban J connectivity index is 1.53. The van der Waals surface area contributed by atoms with E-state index in [1.165, 1.54) is 38.5 Å². The minimum absolute atomic E-state index is 0.0868. The van der Waals surface area contributed by atoms with Gasteiger partial charge >= 0.3 is 0 Å². The van der Waals surface area contributed by atoms with E-state index in [1.807, 2.05) is 0 Å². The van der Waals surface area contributed by atoms with E-state index in [-0.39, 0.29) is 6.10 Å². The quantitative estimate of drug-likeness (QED) is 0.460. The predicted octanol–water partition coefficient (Wildman–Crippen LogP) is 7.66. The van der Waals surface area contributed by atoms with Crippen molar-refractivity contribution in [1.82, 2.24) is 0 Å². The van der Waals surface area contributed by atoms with E-state index in [2.05, 4.69) is 65.8 Å². The molecule has 4 rings (SSSR count). The third kappa shape index (κ3) is 3.56. The van der Waals surface area contributed by atoms with Crippen molar-refractivity contribution in [2.75, 3.05) is 0 Å². The SMILES string of the molecule is CC[C@H](/C=C/[C@@H](C)[C@H]1CC[C@H]2[C@@H]3C[C@@H](O)[C@H]4CC=CC[C@]4(C)[C@H]3CC[C@]12C)C(C)C. The fourth-order valence-electron chi connectivity index (χ4n) is 9.09. The van der Waals surface area contributed by atoms with Gasteiger partial charge < -0.3 is 5.11 Å². The van der Waals surface area contributed by atoms with E-state index in [0.29, 0.717) is 22.7 Å². The number of rotatable bonds is 5. The van der Waals surface area contributed by atoms with E-state index in [0.717, 1.165) is 48.3 Å². The second-order valence-corrected chi connectivity index (χ2v) is 12.5. The molecule has 10 atom stereocenters. The maximum atomic E-state index is 11.2. The first kappa shape index (κ1) is 22.6. The third-order valence-electron chi connectivity index (χ3n) is 10.9. The number of aliphatic hydroxyl groups excluding tert-OH is 1.